The number of hydrogen-bond donors (Lipinski definition) is 0. The Labute approximate surface area is 142 Å². The van der Waals surface area contributed by atoms with Gasteiger partial charge in [0.1, 0.15) is 5.02 Å². The molecule has 3 fully saturated rings. The quantitative estimate of drug-likeness (QED) is 0.357. The molecule has 2 saturated carbocycles. The van der Waals surface area contributed by atoms with Crippen LogP contribution in [0.3, 0.4) is 0 Å². The first-order valence-electron chi connectivity index (χ1n) is 7.96. The van der Waals surface area contributed by atoms with Crippen LogP contribution >= 0.6 is 11.6 Å². The maximum Gasteiger partial charge on any atom is 0.289 e. The van der Waals surface area contributed by atoms with E-state index >= 15 is 0 Å². The fourth-order valence-electron chi connectivity index (χ4n) is 5.11. The number of nitro groups is 1. The number of benzene rings is 1. The second-order valence-electron chi connectivity index (χ2n) is 7.13. The lowest BCUT2D eigenvalue weighted by atomic mass is 9.85. The van der Waals surface area contributed by atoms with Gasteiger partial charge in [-0.1, -0.05) is 23.8 Å². The first-order chi connectivity index (χ1) is 11.5. The summed E-state index contributed by atoms with van der Waals surface area (Å²) in [6, 6.07) is 4.06. The molecule has 1 spiro atoms. The highest BCUT2D eigenvalue weighted by atomic mass is 35.5. The molecule has 7 heteroatoms. The Morgan fingerprint density at radius 2 is 1.71 bits per heavy atom. The van der Waals surface area contributed by atoms with Crippen LogP contribution in [0.1, 0.15) is 12.8 Å². The normalized spacial score (nSPS) is 34.3. The summed E-state index contributed by atoms with van der Waals surface area (Å²) in [6.07, 6.45) is 6.35. The van der Waals surface area contributed by atoms with Crippen LogP contribution < -0.4 is 4.90 Å². The largest absolute Gasteiger partial charge is 0.289 e. The number of anilines is 1. The van der Waals surface area contributed by atoms with Crippen LogP contribution in [0.5, 0.6) is 0 Å². The van der Waals surface area contributed by atoms with Gasteiger partial charge in [-0.3, -0.25) is 19.7 Å². The summed E-state index contributed by atoms with van der Waals surface area (Å²) in [6.45, 7) is 0. The molecule has 3 aliphatic carbocycles. The number of carbonyl (C=O) groups is 2. The number of nitrogens with zero attached hydrogens (tertiary/aromatic N) is 2. The van der Waals surface area contributed by atoms with Gasteiger partial charge in [0.15, 0.2) is 0 Å². The van der Waals surface area contributed by atoms with Gasteiger partial charge in [-0.15, -0.1) is 0 Å². The lowest BCUT2D eigenvalue weighted by Gasteiger charge is -2.21. The van der Waals surface area contributed by atoms with Crippen LogP contribution in [0.15, 0.2) is 30.4 Å². The van der Waals surface area contributed by atoms with Crippen molar-refractivity contribution in [3.63, 3.8) is 0 Å². The Bertz CT molecular complexity index is 826. The zero-order valence-electron chi connectivity index (χ0n) is 12.5. The van der Waals surface area contributed by atoms with Crippen LogP contribution in [0.25, 0.3) is 0 Å². The average molecular weight is 345 g/mol. The fraction of sp³-hybridized carbons (Fsp3) is 0.412. The van der Waals surface area contributed by atoms with E-state index in [1.807, 2.05) is 0 Å². The summed E-state index contributed by atoms with van der Waals surface area (Å²) in [4.78, 5) is 37.5. The Balaban J connectivity index is 1.56. The lowest BCUT2D eigenvalue weighted by molar-refractivity contribution is -0.384. The molecule has 4 atom stereocenters. The Kier molecular flexibility index (Phi) is 2.51. The van der Waals surface area contributed by atoms with E-state index in [4.69, 9.17) is 11.6 Å². The molecule has 1 heterocycles. The van der Waals surface area contributed by atoms with Crippen molar-refractivity contribution < 1.29 is 14.5 Å². The van der Waals surface area contributed by atoms with Crippen molar-refractivity contribution in [3.05, 3.63) is 45.5 Å². The van der Waals surface area contributed by atoms with Crippen LogP contribution in [0.4, 0.5) is 11.4 Å². The van der Waals surface area contributed by atoms with E-state index in [-0.39, 0.29) is 57.3 Å². The zero-order valence-corrected chi connectivity index (χ0v) is 13.3. The van der Waals surface area contributed by atoms with E-state index in [0.717, 1.165) is 17.7 Å². The second kappa shape index (κ2) is 4.25. The number of imide groups is 1. The third-order valence-electron chi connectivity index (χ3n) is 6.24. The van der Waals surface area contributed by atoms with Gasteiger partial charge in [0.25, 0.3) is 5.69 Å². The van der Waals surface area contributed by atoms with Crippen LogP contribution in [-0.2, 0) is 9.59 Å². The van der Waals surface area contributed by atoms with Gasteiger partial charge in [-0.05, 0) is 42.2 Å². The predicted octanol–water partition coefficient (Wildman–Crippen LogP) is 2.95. The SMILES string of the molecule is O=C1[C@@H]2[C@H](C(=O)N1c1ccc(Cl)c([N+](=O)[O-])c1)[C@@H]1C=C[C@H]2C12CC2. The molecule has 0 N–H and O–H groups in total. The highest BCUT2D eigenvalue weighted by Crippen LogP contribution is 2.73. The predicted molar refractivity (Wildman–Crippen MR) is 85.4 cm³/mol. The molecule has 0 aromatic heterocycles. The van der Waals surface area contributed by atoms with E-state index in [1.54, 1.807) is 0 Å². The average Bonchev–Trinajstić information content (AvgIpc) is 3.14. The molecule has 5 rings (SSSR count). The third kappa shape index (κ3) is 1.48. The topological polar surface area (TPSA) is 80.5 Å². The molecule has 2 bridgehead atoms. The van der Waals surface area contributed by atoms with Crippen molar-refractivity contribution in [3.8, 4) is 0 Å². The highest BCUT2D eigenvalue weighted by Gasteiger charge is 2.73. The van der Waals surface area contributed by atoms with Crippen LogP contribution in [0, 0.1) is 39.2 Å². The van der Waals surface area contributed by atoms with Crippen LogP contribution in [-0.4, -0.2) is 16.7 Å². The molecule has 1 saturated heterocycles. The van der Waals surface area contributed by atoms with Crippen molar-refractivity contribution >= 4 is 34.8 Å². The lowest BCUT2D eigenvalue weighted by Crippen LogP contribution is -2.34. The highest BCUT2D eigenvalue weighted by molar-refractivity contribution is 6.33. The minimum atomic E-state index is -0.609. The molecular weight excluding hydrogens is 332 g/mol. The van der Waals surface area contributed by atoms with Crippen molar-refractivity contribution in [1.29, 1.82) is 0 Å². The zero-order chi connectivity index (χ0) is 16.8. The molecular formula is C17H13ClN2O4. The molecule has 4 aliphatic rings. The number of amides is 2. The number of fused-ring (bicyclic) bond motifs is 3. The summed E-state index contributed by atoms with van der Waals surface area (Å²) in [7, 11) is 0. The number of halogens is 1. The van der Waals surface area contributed by atoms with Crippen molar-refractivity contribution in [2.75, 3.05) is 4.90 Å². The monoisotopic (exact) mass is 344 g/mol. The van der Waals surface area contributed by atoms with E-state index in [9.17, 15) is 19.7 Å². The summed E-state index contributed by atoms with van der Waals surface area (Å²) >= 11 is 5.83. The number of rotatable bonds is 2. The van der Waals surface area contributed by atoms with E-state index in [0.29, 0.717) is 0 Å². The molecule has 24 heavy (non-hydrogen) atoms. The third-order valence-corrected chi connectivity index (χ3v) is 6.56. The molecule has 1 aromatic rings. The van der Waals surface area contributed by atoms with Crippen LogP contribution in [0.2, 0.25) is 5.02 Å². The van der Waals surface area contributed by atoms with Gasteiger partial charge in [0.05, 0.1) is 22.4 Å². The van der Waals surface area contributed by atoms with Gasteiger partial charge in [-0.25, -0.2) is 4.90 Å². The van der Waals surface area contributed by atoms with Gasteiger partial charge in [0.2, 0.25) is 11.8 Å². The first kappa shape index (κ1) is 14.2. The molecule has 1 aliphatic heterocycles. The molecule has 0 radical (unpaired) electrons. The smallest absolute Gasteiger partial charge is 0.274 e. The van der Waals surface area contributed by atoms with E-state index < -0.39 is 4.92 Å². The van der Waals surface area contributed by atoms with E-state index in [2.05, 4.69) is 12.2 Å². The summed E-state index contributed by atoms with van der Waals surface area (Å²) in [5, 5.41) is 11.1. The number of carbonyl (C=O) groups excluding carboxylic acids is 2. The van der Waals surface area contributed by atoms with Gasteiger partial charge in [-0.2, -0.15) is 0 Å². The maximum absolute atomic E-state index is 12.9. The van der Waals surface area contributed by atoms with Gasteiger partial charge < -0.3 is 0 Å². The molecule has 1 aromatic carbocycles. The Morgan fingerprint density at radius 1 is 1.12 bits per heavy atom. The Morgan fingerprint density at radius 3 is 2.21 bits per heavy atom. The molecule has 6 nitrogen and oxygen atoms in total. The minimum absolute atomic E-state index is 0.0123. The van der Waals surface area contributed by atoms with Crippen molar-refractivity contribution in [2.45, 2.75) is 12.8 Å². The molecule has 0 unspecified atom stereocenters. The fourth-order valence-corrected chi connectivity index (χ4v) is 5.30. The second-order valence-corrected chi connectivity index (χ2v) is 7.53. The minimum Gasteiger partial charge on any atom is -0.274 e. The maximum atomic E-state index is 12.9. The molecule has 122 valence electrons. The summed E-state index contributed by atoms with van der Waals surface area (Å²) in [5.41, 5.74) is 0.0741. The van der Waals surface area contributed by atoms with Crippen molar-refractivity contribution in [2.24, 2.45) is 29.1 Å². The standard InChI is InChI=1S/C17H13ClN2O4/c18-11-4-1-8(7-12(11)20(23)24)19-15(21)13-9-2-3-10(14(13)16(19)22)17(9)5-6-17/h1-4,7,9-10,13-14H,5-6H2/t9-,10+,13+,14-. The summed E-state index contributed by atoms with van der Waals surface area (Å²) < 4.78 is 0. The number of allylic oxidation sites excluding steroid dienone is 2. The summed E-state index contributed by atoms with van der Waals surface area (Å²) in [5.74, 6) is -0.823. The van der Waals surface area contributed by atoms with Crippen molar-refractivity contribution in [1.82, 2.24) is 0 Å². The van der Waals surface area contributed by atoms with Gasteiger partial charge in [0, 0.05) is 6.07 Å². The number of hydrogen-bond acceptors (Lipinski definition) is 4. The number of nitro benzene ring substituents is 1. The molecule has 2 amide bonds. The Hall–Kier alpha value is -2.21. The van der Waals surface area contributed by atoms with E-state index in [1.165, 1.54) is 18.2 Å². The first-order valence-corrected chi connectivity index (χ1v) is 8.33. The van der Waals surface area contributed by atoms with Gasteiger partial charge >= 0.3 is 0 Å².